The molecule has 0 radical (unpaired) electrons. The van der Waals surface area contributed by atoms with E-state index >= 15 is 0 Å². The number of rotatable bonds is 3. The number of carbonyl (C=O) groups excluding carboxylic acids is 1. The average molecular weight is 253 g/mol. The number of hydrogen-bond donors (Lipinski definition) is 1. The molecule has 2 aromatic rings. The molecule has 2 N–H and O–H groups in total. The monoisotopic (exact) mass is 253 g/mol. The van der Waals surface area contributed by atoms with Crippen molar-refractivity contribution in [2.24, 2.45) is 5.10 Å². The van der Waals surface area contributed by atoms with Gasteiger partial charge in [-0.1, -0.05) is 42.5 Å². The lowest BCUT2D eigenvalue weighted by Gasteiger charge is -2.12. The van der Waals surface area contributed by atoms with Crippen LogP contribution in [0.2, 0.25) is 0 Å². The summed E-state index contributed by atoms with van der Waals surface area (Å²) in [7, 11) is 1.61. The molecular weight excluding hydrogens is 238 g/mol. The Balaban J connectivity index is 2.13. The highest BCUT2D eigenvalue weighted by Crippen LogP contribution is 2.12. The maximum atomic E-state index is 12.1. The van der Waals surface area contributed by atoms with E-state index in [-0.39, 0.29) is 5.91 Å². The number of nitrogen functional groups attached to an aromatic ring is 1. The summed E-state index contributed by atoms with van der Waals surface area (Å²) >= 11 is 0. The van der Waals surface area contributed by atoms with Gasteiger partial charge in [0, 0.05) is 12.7 Å². The SMILES string of the molecule is CN(N=Cc1ccccc1)C(=O)c1ccccc1N. The molecule has 0 spiro atoms. The summed E-state index contributed by atoms with van der Waals surface area (Å²) in [6.45, 7) is 0. The minimum atomic E-state index is -0.231. The van der Waals surface area contributed by atoms with Gasteiger partial charge in [-0.15, -0.1) is 0 Å². The van der Waals surface area contributed by atoms with Crippen molar-refractivity contribution in [1.82, 2.24) is 5.01 Å². The molecule has 0 aromatic heterocycles. The lowest BCUT2D eigenvalue weighted by Crippen LogP contribution is -2.22. The summed E-state index contributed by atoms with van der Waals surface area (Å²) < 4.78 is 0. The van der Waals surface area contributed by atoms with Crippen molar-refractivity contribution in [3.05, 3.63) is 65.7 Å². The summed E-state index contributed by atoms with van der Waals surface area (Å²) in [4.78, 5) is 12.1. The van der Waals surface area contributed by atoms with Gasteiger partial charge in [0.15, 0.2) is 0 Å². The van der Waals surface area contributed by atoms with E-state index in [4.69, 9.17) is 5.73 Å². The summed E-state index contributed by atoms with van der Waals surface area (Å²) in [5.41, 5.74) is 7.61. The van der Waals surface area contributed by atoms with Gasteiger partial charge in [0.05, 0.1) is 11.8 Å². The predicted molar refractivity (Wildman–Crippen MR) is 77.0 cm³/mol. The van der Waals surface area contributed by atoms with Crippen molar-refractivity contribution in [3.8, 4) is 0 Å². The van der Waals surface area contributed by atoms with Crippen LogP contribution in [0.4, 0.5) is 5.69 Å². The minimum Gasteiger partial charge on any atom is -0.398 e. The Bertz CT molecular complexity index is 593. The zero-order chi connectivity index (χ0) is 13.7. The average Bonchev–Trinajstić information content (AvgIpc) is 2.45. The van der Waals surface area contributed by atoms with Crippen LogP contribution in [0, 0.1) is 0 Å². The fourth-order valence-corrected chi connectivity index (χ4v) is 1.61. The number of para-hydroxylation sites is 1. The molecular formula is C15H15N3O. The molecule has 0 atom stereocenters. The standard InChI is InChI=1S/C15H15N3O/c1-18(17-11-12-7-3-2-4-8-12)15(19)13-9-5-6-10-14(13)16/h2-11H,16H2,1H3. The highest BCUT2D eigenvalue weighted by Gasteiger charge is 2.12. The molecule has 0 saturated carbocycles. The Kier molecular flexibility index (Phi) is 3.93. The fourth-order valence-electron chi connectivity index (χ4n) is 1.61. The van der Waals surface area contributed by atoms with Crippen LogP contribution in [0.3, 0.4) is 0 Å². The van der Waals surface area contributed by atoms with Crippen molar-refractivity contribution in [3.63, 3.8) is 0 Å². The van der Waals surface area contributed by atoms with Gasteiger partial charge >= 0.3 is 0 Å². The zero-order valence-corrected chi connectivity index (χ0v) is 10.7. The van der Waals surface area contributed by atoms with E-state index < -0.39 is 0 Å². The third kappa shape index (κ3) is 3.19. The summed E-state index contributed by atoms with van der Waals surface area (Å²) in [6.07, 6.45) is 1.64. The third-order valence-electron chi connectivity index (χ3n) is 2.66. The van der Waals surface area contributed by atoms with Crippen LogP contribution in [0.15, 0.2) is 59.7 Å². The van der Waals surface area contributed by atoms with Gasteiger partial charge in [-0.05, 0) is 17.7 Å². The van der Waals surface area contributed by atoms with E-state index in [9.17, 15) is 4.79 Å². The molecule has 4 heteroatoms. The number of benzene rings is 2. The molecule has 4 nitrogen and oxygen atoms in total. The topological polar surface area (TPSA) is 58.7 Å². The van der Waals surface area contributed by atoms with E-state index in [0.717, 1.165) is 5.56 Å². The quantitative estimate of drug-likeness (QED) is 0.518. The number of anilines is 1. The lowest BCUT2D eigenvalue weighted by molar-refractivity contribution is 0.0801. The van der Waals surface area contributed by atoms with Gasteiger partial charge in [0.25, 0.3) is 5.91 Å². The van der Waals surface area contributed by atoms with Crippen molar-refractivity contribution in [2.45, 2.75) is 0 Å². The smallest absolute Gasteiger partial charge is 0.275 e. The maximum absolute atomic E-state index is 12.1. The molecule has 0 heterocycles. The molecule has 96 valence electrons. The number of carbonyl (C=O) groups is 1. The Morgan fingerprint density at radius 1 is 1.11 bits per heavy atom. The van der Waals surface area contributed by atoms with Crippen molar-refractivity contribution < 1.29 is 4.79 Å². The third-order valence-corrected chi connectivity index (χ3v) is 2.66. The fraction of sp³-hybridized carbons (Fsp3) is 0.0667. The molecule has 1 amide bonds. The molecule has 0 aliphatic heterocycles. The molecule has 0 aliphatic rings. The molecule has 19 heavy (non-hydrogen) atoms. The van der Waals surface area contributed by atoms with Crippen molar-refractivity contribution in [1.29, 1.82) is 0 Å². The van der Waals surface area contributed by atoms with Crippen LogP contribution in [0.1, 0.15) is 15.9 Å². The largest absolute Gasteiger partial charge is 0.398 e. The van der Waals surface area contributed by atoms with Gasteiger partial charge in [0.2, 0.25) is 0 Å². The van der Waals surface area contributed by atoms with E-state index in [2.05, 4.69) is 5.10 Å². The number of amides is 1. The second kappa shape index (κ2) is 5.82. The van der Waals surface area contributed by atoms with E-state index in [1.165, 1.54) is 5.01 Å². The van der Waals surface area contributed by atoms with Crippen LogP contribution in [-0.2, 0) is 0 Å². The Hall–Kier alpha value is -2.62. The molecule has 0 aliphatic carbocycles. The van der Waals surface area contributed by atoms with Crippen LogP contribution >= 0.6 is 0 Å². The number of hydrazone groups is 1. The van der Waals surface area contributed by atoms with E-state index in [1.54, 1.807) is 37.5 Å². The minimum absolute atomic E-state index is 0.231. The van der Waals surface area contributed by atoms with Gasteiger partial charge in [0.1, 0.15) is 0 Å². The molecule has 0 bridgehead atoms. The molecule has 0 fully saturated rings. The van der Waals surface area contributed by atoms with E-state index in [0.29, 0.717) is 11.3 Å². The van der Waals surface area contributed by atoms with Gasteiger partial charge in [-0.2, -0.15) is 5.10 Å². The van der Waals surface area contributed by atoms with Gasteiger partial charge in [-0.25, -0.2) is 5.01 Å². The normalized spacial score (nSPS) is 10.6. The van der Waals surface area contributed by atoms with Crippen molar-refractivity contribution >= 4 is 17.8 Å². The second-order valence-corrected chi connectivity index (χ2v) is 4.07. The van der Waals surface area contributed by atoms with Crippen LogP contribution in [0.25, 0.3) is 0 Å². The number of hydrogen-bond acceptors (Lipinski definition) is 3. The first kappa shape index (κ1) is 12.8. The van der Waals surface area contributed by atoms with Crippen LogP contribution in [0.5, 0.6) is 0 Å². The van der Waals surface area contributed by atoms with Gasteiger partial charge < -0.3 is 5.73 Å². The summed E-state index contributed by atoms with van der Waals surface area (Å²) in [5, 5.41) is 5.39. The lowest BCUT2D eigenvalue weighted by atomic mass is 10.1. The summed E-state index contributed by atoms with van der Waals surface area (Å²) in [5.74, 6) is -0.231. The molecule has 0 unspecified atom stereocenters. The molecule has 0 saturated heterocycles. The first-order valence-corrected chi connectivity index (χ1v) is 5.90. The van der Waals surface area contributed by atoms with Crippen LogP contribution < -0.4 is 5.73 Å². The number of nitrogens with two attached hydrogens (primary N) is 1. The Morgan fingerprint density at radius 2 is 1.74 bits per heavy atom. The Labute approximate surface area is 112 Å². The first-order chi connectivity index (χ1) is 9.18. The van der Waals surface area contributed by atoms with E-state index in [1.807, 2.05) is 30.3 Å². The summed E-state index contributed by atoms with van der Waals surface area (Å²) in [6, 6.07) is 16.5. The maximum Gasteiger partial charge on any atom is 0.275 e. The Morgan fingerprint density at radius 3 is 2.42 bits per heavy atom. The second-order valence-electron chi connectivity index (χ2n) is 4.07. The van der Waals surface area contributed by atoms with Gasteiger partial charge in [-0.3, -0.25) is 4.79 Å². The van der Waals surface area contributed by atoms with Crippen molar-refractivity contribution in [2.75, 3.05) is 12.8 Å². The molecule has 2 rings (SSSR count). The predicted octanol–water partition coefficient (Wildman–Crippen LogP) is 2.37. The number of nitrogens with zero attached hydrogens (tertiary/aromatic N) is 2. The highest BCUT2D eigenvalue weighted by atomic mass is 16.2. The first-order valence-electron chi connectivity index (χ1n) is 5.90. The molecule has 2 aromatic carbocycles. The zero-order valence-electron chi connectivity index (χ0n) is 10.7. The van der Waals surface area contributed by atoms with Crippen LogP contribution in [-0.4, -0.2) is 24.2 Å². The highest BCUT2D eigenvalue weighted by molar-refractivity contribution is 5.99.